The van der Waals surface area contributed by atoms with Gasteiger partial charge in [-0.2, -0.15) is 0 Å². The highest BCUT2D eigenvalue weighted by molar-refractivity contribution is 5.98. The molecule has 1 aromatic heterocycles. The van der Waals surface area contributed by atoms with E-state index in [-0.39, 0.29) is 17.9 Å². The standard InChI is InChI=1S/C18H20N4O3/c1-20-11-19-13-9-12(3-4-14(13)20)17(24)21-7-5-18-15(21)10-16(23)22(18)6-2-8-25-18/h3-4,9,11,15H,2,5-8,10H2,1H3/t15-,18+/m1/s1. The number of hydrogen-bond acceptors (Lipinski definition) is 4. The second kappa shape index (κ2) is 5.05. The summed E-state index contributed by atoms with van der Waals surface area (Å²) in [5.41, 5.74) is 1.82. The van der Waals surface area contributed by atoms with Crippen LogP contribution in [0.2, 0.25) is 0 Å². The zero-order valence-corrected chi connectivity index (χ0v) is 14.1. The second-order valence-corrected chi connectivity index (χ2v) is 7.12. The highest BCUT2D eigenvalue weighted by atomic mass is 16.5. The van der Waals surface area contributed by atoms with Gasteiger partial charge in [0.25, 0.3) is 5.91 Å². The molecule has 3 saturated heterocycles. The Hall–Kier alpha value is -2.41. The SMILES string of the molecule is Cn1cnc2cc(C(=O)N3CC[C@@]45OCCCN4C(=O)C[C@@H]35)ccc21. The van der Waals surface area contributed by atoms with Gasteiger partial charge in [0.05, 0.1) is 36.4 Å². The molecule has 25 heavy (non-hydrogen) atoms. The summed E-state index contributed by atoms with van der Waals surface area (Å²) in [5, 5.41) is 0. The Morgan fingerprint density at radius 3 is 3.12 bits per heavy atom. The zero-order valence-electron chi connectivity index (χ0n) is 14.1. The van der Waals surface area contributed by atoms with E-state index >= 15 is 0 Å². The number of imidazole rings is 1. The van der Waals surface area contributed by atoms with E-state index in [1.807, 2.05) is 39.6 Å². The molecule has 0 saturated carbocycles. The van der Waals surface area contributed by atoms with Crippen molar-refractivity contribution in [2.24, 2.45) is 7.05 Å². The fraction of sp³-hybridized carbons (Fsp3) is 0.500. The molecule has 0 unspecified atom stereocenters. The fourth-order valence-electron chi connectivity index (χ4n) is 4.63. The van der Waals surface area contributed by atoms with Crippen molar-refractivity contribution >= 4 is 22.8 Å². The Kier molecular flexibility index (Phi) is 3.01. The molecule has 1 aromatic carbocycles. The van der Waals surface area contributed by atoms with Crippen LogP contribution in [-0.4, -0.2) is 62.6 Å². The maximum absolute atomic E-state index is 13.1. The van der Waals surface area contributed by atoms with E-state index in [2.05, 4.69) is 4.98 Å². The van der Waals surface area contributed by atoms with Crippen molar-refractivity contribution in [1.29, 1.82) is 0 Å². The number of ether oxygens (including phenoxy) is 1. The van der Waals surface area contributed by atoms with Crippen LogP contribution in [0.1, 0.15) is 29.6 Å². The Balaban J connectivity index is 1.48. The number of likely N-dealkylation sites (tertiary alicyclic amines) is 1. The molecule has 1 spiro atoms. The predicted molar refractivity (Wildman–Crippen MR) is 89.8 cm³/mol. The minimum atomic E-state index is -0.597. The van der Waals surface area contributed by atoms with Gasteiger partial charge in [0.15, 0.2) is 5.72 Å². The van der Waals surface area contributed by atoms with Crippen molar-refractivity contribution in [2.75, 3.05) is 19.7 Å². The Morgan fingerprint density at radius 1 is 1.36 bits per heavy atom. The average Bonchev–Trinajstić information content (AvgIpc) is 3.25. The second-order valence-electron chi connectivity index (χ2n) is 7.12. The van der Waals surface area contributed by atoms with E-state index in [0.717, 1.165) is 24.0 Å². The summed E-state index contributed by atoms with van der Waals surface area (Å²) in [4.78, 5) is 33.5. The summed E-state index contributed by atoms with van der Waals surface area (Å²) in [6.45, 7) is 2.01. The van der Waals surface area contributed by atoms with Gasteiger partial charge in [-0.05, 0) is 24.6 Å². The smallest absolute Gasteiger partial charge is 0.254 e. The van der Waals surface area contributed by atoms with Crippen LogP contribution in [0.3, 0.4) is 0 Å². The monoisotopic (exact) mass is 340 g/mol. The van der Waals surface area contributed by atoms with Crippen LogP contribution in [0.5, 0.6) is 0 Å². The maximum atomic E-state index is 13.1. The molecule has 0 radical (unpaired) electrons. The first-order valence-electron chi connectivity index (χ1n) is 8.77. The quantitative estimate of drug-likeness (QED) is 0.781. The summed E-state index contributed by atoms with van der Waals surface area (Å²) in [6, 6.07) is 5.41. The normalized spacial score (nSPS) is 28.5. The molecule has 2 atom stereocenters. The third kappa shape index (κ3) is 1.93. The molecular weight excluding hydrogens is 320 g/mol. The number of aromatic nitrogens is 2. The van der Waals surface area contributed by atoms with E-state index in [1.54, 1.807) is 6.33 Å². The van der Waals surface area contributed by atoms with Crippen molar-refractivity contribution in [3.05, 3.63) is 30.1 Å². The van der Waals surface area contributed by atoms with Gasteiger partial charge in [-0.3, -0.25) is 9.59 Å². The molecule has 0 bridgehead atoms. The van der Waals surface area contributed by atoms with Crippen LogP contribution < -0.4 is 0 Å². The lowest BCUT2D eigenvalue weighted by molar-refractivity contribution is -0.179. The fourth-order valence-corrected chi connectivity index (χ4v) is 4.63. The van der Waals surface area contributed by atoms with Crippen molar-refractivity contribution < 1.29 is 14.3 Å². The number of rotatable bonds is 1. The Bertz CT molecular complexity index is 892. The third-order valence-corrected chi connectivity index (χ3v) is 5.85. The molecule has 3 fully saturated rings. The van der Waals surface area contributed by atoms with E-state index < -0.39 is 5.72 Å². The number of amides is 2. The van der Waals surface area contributed by atoms with Gasteiger partial charge in [-0.25, -0.2) is 4.98 Å². The number of fused-ring (bicyclic) bond motifs is 1. The molecule has 3 aliphatic rings. The molecule has 7 nitrogen and oxygen atoms in total. The van der Waals surface area contributed by atoms with E-state index in [4.69, 9.17) is 4.74 Å². The average molecular weight is 340 g/mol. The number of nitrogens with zero attached hydrogens (tertiary/aromatic N) is 4. The van der Waals surface area contributed by atoms with E-state index in [0.29, 0.717) is 31.6 Å². The summed E-state index contributed by atoms with van der Waals surface area (Å²) >= 11 is 0. The molecule has 3 aliphatic heterocycles. The van der Waals surface area contributed by atoms with Gasteiger partial charge in [0.2, 0.25) is 5.91 Å². The first-order chi connectivity index (χ1) is 12.1. The minimum Gasteiger partial charge on any atom is -0.353 e. The highest BCUT2D eigenvalue weighted by Gasteiger charge is 2.61. The van der Waals surface area contributed by atoms with Gasteiger partial charge in [0.1, 0.15) is 0 Å². The van der Waals surface area contributed by atoms with Crippen LogP contribution >= 0.6 is 0 Å². The third-order valence-electron chi connectivity index (χ3n) is 5.85. The van der Waals surface area contributed by atoms with E-state index in [9.17, 15) is 9.59 Å². The van der Waals surface area contributed by atoms with Gasteiger partial charge in [-0.1, -0.05) is 0 Å². The first kappa shape index (κ1) is 14.9. The molecule has 0 aliphatic carbocycles. The van der Waals surface area contributed by atoms with Crippen molar-refractivity contribution in [1.82, 2.24) is 19.4 Å². The van der Waals surface area contributed by atoms with Crippen LogP contribution in [0, 0.1) is 0 Å². The molecule has 4 heterocycles. The Morgan fingerprint density at radius 2 is 2.24 bits per heavy atom. The molecule has 7 heteroatoms. The van der Waals surface area contributed by atoms with Crippen molar-refractivity contribution in [3.8, 4) is 0 Å². The molecule has 130 valence electrons. The number of hydrogen-bond donors (Lipinski definition) is 0. The summed E-state index contributed by atoms with van der Waals surface area (Å²) in [6.07, 6.45) is 3.66. The highest BCUT2D eigenvalue weighted by Crippen LogP contribution is 2.45. The lowest BCUT2D eigenvalue weighted by atomic mass is 10.0. The van der Waals surface area contributed by atoms with Crippen LogP contribution in [0.25, 0.3) is 11.0 Å². The Labute approximate surface area is 145 Å². The first-order valence-corrected chi connectivity index (χ1v) is 8.77. The van der Waals surface area contributed by atoms with Crippen molar-refractivity contribution in [3.63, 3.8) is 0 Å². The van der Waals surface area contributed by atoms with Gasteiger partial charge < -0.3 is 19.1 Å². The largest absolute Gasteiger partial charge is 0.353 e. The van der Waals surface area contributed by atoms with Gasteiger partial charge in [-0.15, -0.1) is 0 Å². The number of benzene rings is 1. The summed E-state index contributed by atoms with van der Waals surface area (Å²) in [5.74, 6) is 0.0561. The van der Waals surface area contributed by atoms with Crippen LogP contribution in [0.15, 0.2) is 24.5 Å². The topological polar surface area (TPSA) is 67.7 Å². The molecular formula is C18H20N4O3. The maximum Gasteiger partial charge on any atom is 0.254 e. The minimum absolute atomic E-state index is 0.0433. The summed E-state index contributed by atoms with van der Waals surface area (Å²) < 4.78 is 8.00. The van der Waals surface area contributed by atoms with Crippen LogP contribution in [-0.2, 0) is 16.6 Å². The summed E-state index contributed by atoms with van der Waals surface area (Å²) in [7, 11) is 1.93. The van der Waals surface area contributed by atoms with Crippen molar-refractivity contribution in [2.45, 2.75) is 31.0 Å². The van der Waals surface area contributed by atoms with Crippen LogP contribution in [0.4, 0.5) is 0 Å². The molecule has 2 aromatic rings. The number of carbonyl (C=O) groups is 2. The molecule has 0 N–H and O–H groups in total. The van der Waals surface area contributed by atoms with Gasteiger partial charge >= 0.3 is 0 Å². The molecule has 5 rings (SSSR count). The number of carbonyl (C=O) groups excluding carboxylic acids is 2. The lowest BCUT2D eigenvalue weighted by Crippen LogP contribution is -2.56. The lowest BCUT2D eigenvalue weighted by Gasteiger charge is -2.42. The number of aryl methyl sites for hydroxylation is 1. The van der Waals surface area contributed by atoms with Gasteiger partial charge in [0, 0.05) is 32.1 Å². The van der Waals surface area contributed by atoms with E-state index in [1.165, 1.54) is 0 Å². The molecule has 2 amide bonds. The predicted octanol–water partition coefficient (Wildman–Crippen LogP) is 1.14. The zero-order chi connectivity index (χ0) is 17.2.